The quantitative estimate of drug-likeness (QED) is 0.0469. The number of unbranched alkanes of at least 4 members (excludes halogenated alkanes) is 35. The Balaban J connectivity index is 1.23. The highest BCUT2D eigenvalue weighted by atomic mass is 15.2. The van der Waals surface area contributed by atoms with Crippen LogP contribution in [-0.4, -0.2) is 4.70 Å². The van der Waals surface area contributed by atoms with E-state index in [4.69, 9.17) is 0 Å². The van der Waals surface area contributed by atoms with Crippen molar-refractivity contribution in [2.45, 2.75) is 284 Å². The molecule has 1 aliphatic rings. The lowest BCUT2D eigenvalue weighted by Gasteiger charge is -2.11. The van der Waals surface area contributed by atoms with Crippen LogP contribution in [-0.2, 0) is 12.8 Å². The number of rotatable bonds is 43. The first kappa shape index (κ1) is 53.9. The molecule has 0 aliphatic carbocycles. The Bertz CT molecular complexity index is 1430. The van der Waals surface area contributed by atoms with Crippen LogP contribution in [0.15, 0.2) is 60.2 Å². The van der Waals surface area contributed by atoms with Crippen molar-refractivity contribution in [3.05, 3.63) is 88.0 Å². The van der Waals surface area contributed by atoms with E-state index in [1.807, 2.05) is 0 Å². The first-order chi connectivity index (χ1) is 30.7. The van der Waals surface area contributed by atoms with Gasteiger partial charge in [0.25, 0.3) is 0 Å². The highest BCUT2D eigenvalue weighted by Gasteiger charge is 2.28. The van der Waals surface area contributed by atoms with E-state index >= 15 is 0 Å². The minimum atomic E-state index is 0.924. The zero-order valence-corrected chi connectivity index (χ0v) is 41.6. The smallest absolute Gasteiger partial charge is 0.210 e. The van der Waals surface area contributed by atoms with E-state index in [9.17, 15) is 5.53 Å². The van der Waals surface area contributed by atoms with Crippen molar-refractivity contribution in [2.24, 2.45) is 0 Å². The first-order valence-corrected chi connectivity index (χ1v) is 27.8. The van der Waals surface area contributed by atoms with Crippen molar-refractivity contribution in [3.63, 3.8) is 0 Å². The van der Waals surface area contributed by atoms with Crippen LogP contribution in [0.1, 0.15) is 293 Å². The molecule has 2 heteroatoms. The third-order valence-electron chi connectivity index (χ3n) is 13.9. The molecule has 62 heavy (non-hydrogen) atoms. The number of benzene rings is 2. The molecule has 3 rings (SSSR count). The van der Waals surface area contributed by atoms with Crippen molar-refractivity contribution in [1.82, 2.24) is 0 Å². The average molecular weight is 849 g/mol. The van der Waals surface area contributed by atoms with Gasteiger partial charge in [0, 0.05) is 22.8 Å². The summed E-state index contributed by atoms with van der Waals surface area (Å²) in [4.78, 5) is 0. The van der Waals surface area contributed by atoms with Gasteiger partial charge in [-0.1, -0.05) is 270 Å². The van der Waals surface area contributed by atoms with Gasteiger partial charge >= 0.3 is 0 Å². The molecule has 2 aromatic rings. The summed E-state index contributed by atoms with van der Waals surface area (Å²) in [5, 5.41) is 0. The summed E-state index contributed by atoms with van der Waals surface area (Å²) in [7, 11) is 0. The maximum absolute atomic E-state index is 11.7. The zero-order chi connectivity index (χ0) is 44.0. The lowest BCUT2D eigenvalue weighted by molar-refractivity contribution is -0.344. The van der Waals surface area contributed by atoms with Gasteiger partial charge in [-0.3, -0.25) is 0 Å². The zero-order valence-electron chi connectivity index (χ0n) is 41.6. The summed E-state index contributed by atoms with van der Waals surface area (Å²) < 4.78 is 1.49. The summed E-state index contributed by atoms with van der Waals surface area (Å²) in [5.74, 6) is 0. The van der Waals surface area contributed by atoms with Gasteiger partial charge in [-0.05, 0) is 73.9 Å². The predicted octanol–water partition coefficient (Wildman–Crippen LogP) is 20.8. The second-order valence-electron chi connectivity index (χ2n) is 19.7. The number of hydrogen-bond donors (Lipinski definition) is 0. The minimum Gasteiger partial charge on any atom is -0.493 e. The standard InChI is InChI=1S/C60H100N2/c1-4-7-10-12-14-16-18-20-21-22-23-24-25-26-27-28-29-30-31-33-35-37-39-41-44-55-45-42-47-57(52-55)59-53-58(46-9-6-3)60(62(59)61)56-50-48-54(49-51-56)43-40-38-36-34-32-19-17-15-13-11-8-5-2/h42,45,47-53H,4-41,43-44,46H2,1-3H3. The van der Waals surface area contributed by atoms with Crippen LogP contribution in [0.2, 0.25) is 0 Å². The fraction of sp³-hybridized carbons (Fsp3) is 0.733. The van der Waals surface area contributed by atoms with Gasteiger partial charge in [0.15, 0.2) is 0 Å². The van der Waals surface area contributed by atoms with E-state index < -0.39 is 0 Å². The highest BCUT2D eigenvalue weighted by Crippen LogP contribution is 2.38. The topological polar surface area (TPSA) is 25.3 Å². The summed E-state index contributed by atoms with van der Waals surface area (Å²) in [6.07, 6.45) is 58.9. The van der Waals surface area contributed by atoms with Gasteiger partial charge < -0.3 is 5.53 Å². The van der Waals surface area contributed by atoms with Gasteiger partial charge in [0.05, 0.1) is 0 Å². The molecule has 0 saturated heterocycles. The Morgan fingerprint density at radius 1 is 0.339 bits per heavy atom. The number of hydrogen-bond acceptors (Lipinski definition) is 0. The van der Waals surface area contributed by atoms with Crippen LogP contribution in [0.5, 0.6) is 0 Å². The number of nitrogens with zero attached hydrogens (tertiary/aromatic N) is 2. The summed E-state index contributed by atoms with van der Waals surface area (Å²) in [6, 6.07) is 18.1. The molecular weight excluding hydrogens is 749 g/mol. The number of allylic oxidation sites excluding steroid dienone is 2. The lowest BCUT2D eigenvalue weighted by atomic mass is 9.99. The largest absolute Gasteiger partial charge is 0.493 e. The fourth-order valence-corrected chi connectivity index (χ4v) is 9.80. The Kier molecular flexibility index (Phi) is 32.9. The molecule has 1 aliphatic heterocycles. The summed E-state index contributed by atoms with van der Waals surface area (Å²) >= 11 is 0. The predicted molar refractivity (Wildman–Crippen MR) is 276 cm³/mol. The molecule has 0 atom stereocenters. The van der Waals surface area contributed by atoms with Crippen molar-refractivity contribution in [3.8, 4) is 0 Å². The lowest BCUT2D eigenvalue weighted by Crippen LogP contribution is -2.03. The van der Waals surface area contributed by atoms with E-state index in [0.29, 0.717) is 0 Å². The van der Waals surface area contributed by atoms with Crippen molar-refractivity contribution >= 4 is 11.4 Å². The molecule has 2 aromatic carbocycles. The van der Waals surface area contributed by atoms with Gasteiger partial charge in [-0.15, -0.1) is 0 Å². The number of aryl methyl sites for hydroxylation is 2. The van der Waals surface area contributed by atoms with Crippen LogP contribution in [0.25, 0.3) is 16.9 Å². The molecule has 1 heterocycles. The van der Waals surface area contributed by atoms with E-state index in [1.54, 1.807) is 0 Å². The highest BCUT2D eigenvalue weighted by molar-refractivity contribution is 5.78. The van der Waals surface area contributed by atoms with Crippen molar-refractivity contribution in [2.75, 3.05) is 0 Å². The monoisotopic (exact) mass is 849 g/mol. The van der Waals surface area contributed by atoms with E-state index in [2.05, 4.69) is 75.4 Å². The Labute approximate surface area is 386 Å². The van der Waals surface area contributed by atoms with Crippen LogP contribution in [0.3, 0.4) is 0 Å². The SMILES string of the molecule is CCCCCCCCCCCCCCCCCCCCCCCCCCc1cccc(C2=CC(CCCC)=C(c3ccc(CCCCCCCCCCCCCC)cc3)[N+]2=[N-])c1. The van der Waals surface area contributed by atoms with Gasteiger partial charge in [-0.2, -0.15) is 0 Å². The molecule has 0 amide bonds. The molecule has 0 spiro atoms. The normalized spacial score (nSPS) is 12.9. The molecule has 0 bridgehead atoms. The first-order valence-electron chi connectivity index (χ1n) is 27.8. The van der Waals surface area contributed by atoms with Crippen LogP contribution in [0.4, 0.5) is 0 Å². The second kappa shape index (κ2) is 37.9. The van der Waals surface area contributed by atoms with E-state index in [0.717, 1.165) is 54.6 Å². The Morgan fingerprint density at radius 3 is 1.08 bits per heavy atom. The summed E-state index contributed by atoms with van der Waals surface area (Å²) in [5.41, 5.74) is 19.9. The Hall–Kier alpha value is -2.48. The maximum Gasteiger partial charge on any atom is 0.210 e. The molecule has 0 radical (unpaired) electrons. The molecule has 2 nitrogen and oxygen atoms in total. The molecule has 350 valence electrons. The van der Waals surface area contributed by atoms with Crippen LogP contribution < -0.4 is 0 Å². The fourth-order valence-electron chi connectivity index (χ4n) is 9.80. The van der Waals surface area contributed by atoms with Crippen molar-refractivity contribution < 1.29 is 4.70 Å². The van der Waals surface area contributed by atoms with Crippen LogP contribution >= 0.6 is 0 Å². The van der Waals surface area contributed by atoms with Gasteiger partial charge in [0.2, 0.25) is 11.4 Å². The molecule has 0 saturated carbocycles. The van der Waals surface area contributed by atoms with Crippen LogP contribution in [0, 0.1) is 0 Å². The molecule has 0 N–H and O–H groups in total. The minimum absolute atomic E-state index is 0.924. The third kappa shape index (κ3) is 25.1. The van der Waals surface area contributed by atoms with E-state index in [1.165, 1.54) is 253 Å². The Morgan fingerprint density at radius 2 is 0.694 bits per heavy atom. The second-order valence-corrected chi connectivity index (χ2v) is 19.7. The van der Waals surface area contributed by atoms with Gasteiger partial charge in [0.1, 0.15) is 0 Å². The maximum atomic E-state index is 11.7. The average Bonchev–Trinajstić information content (AvgIpc) is 3.63. The van der Waals surface area contributed by atoms with E-state index in [-0.39, 0.29) is 0 Å². The summed E-state index contributed by atoms with van der Waals surface area (Å²) in [6.45, 7) is 6.86. The molecule has 0 unspecified atom stereocenters. The van der Waals surface area contributed by atoms with Gasteiger partial charge in [-0.25, -0.2) is 4.70 Å². The molecule has 0 aromatic heterocycles. The third-order valence-corrected chi connectivity index (χ3v) is 13.9. The molecular formula is C60H100N2. The molecule has 0 fully saturated rings. The van der Waals surface area contributed by atoms with Crippen molar-refractivity contribution in [1.29, 1.82) is 0 Å².